The van der Waals surface area contributed by atoms with Gasteiger partial charge in [0, 0.05) is 19.6 Å². The zero-order chi connectivity index (χ0) is 16.2. The molecule has 2 aliphatic heterocycles. The summed E-state index contributed by atoms with van der Waals surface area (Å²) in [6.45, 7) is 3.54. The summed E-state index contributed by atoms with van der Waals surface area (Å²) in [5.41, 5.74) is 0.911. The minimum absolute atomic E-state index is 0.0299. The normalized spacial score (nSPS) is 18.3. The lowest BCUT2D eigenvalue weighted by Gasteiger charge is -2.26. The van der Waals surface area contributed by atoms with Crippen molar-refractivity contribution < 1.29 is 19.1 Å². The van der Waals surface area contributed by atoms with E-state index in [4.69, 9.17) is 4.74 Å². The molecule has 1 fully saturated rings. The number of hydrogen-bond acceptors (Lipinski definition) is 5. The number of nitrogens with zero attached hydrogens (tertiary/aromatic N) is 2. The van der Waals surface area contributed by atoms with Gasteiger partial charge < -0.3 is 10.1 Å². The smallest absolute Gasteiger partial charge is 0.261 e. The molecule has 0 spiro atoms. The van der Waals surface area contributed by atoms with Gasteiger partial charge in [-0.3, -0.25) is 24.2 Å². The number of imide groups is 1. The highest BCUT2D eigenvalue weighted by Gasteiger charge is 2.34. The van der Waals surface area contributed by atoms with E-state index in [1.807, 2.05) is 4.90 Å². The lowest BCUT2D eigenvalue weighted by Crippen LogP contribution is -2.48. The van der Waals surface area contributed by atoms with Crippen molar-refractivity contribution in [3.63, 3.8) is 0 Å². The van der Waals surface area contributed by atoms with Crippen LogP contribution < -0.4 is 5.32 Å². The van der Waals surface area contributed by atoms with Gasteiger partial charge in [0.2, 0.25) is 5.91 Å². The Labute approximate surface area is 134 Å². The van der Waals surface area contributed by atoms with E-state index in [0.29, 0.717) is 44.0 Å². The van der Waals surface area contributed by atoms with Gasteiger partial charge in [-0.15, -0.1) is 0 Å². The molecule has 0 unspecified atom stereocenters. The number of carbonyl (C=O) groups excluding carboxylic acids is 3. The SMILES string of the molecule is O=C1CN(CCOCCN2C(=O)c3ccccc3C2=O)CCN1. The van der Waals surface area contributed by atoms with Gasteiger partial charge >= 0.3 is 0 Å². The molecule has 7 nitrogen and oxygen atoms in total. The second-order valence-corrected chi connectivity index (χ2v) is 5.55. The van der Waals surface area contributed by atoms with E-state index in [1.165, 1.54) is 4.90 Å². The Balaban J connectivity index is 1.41. The lowest BCUT2D eigenvalue weighted by atomic mass is 10.1. The molecule has 7 heteroatoms. The number of fused-ring (bicyclic) bond motifs is 1. The molecule has 0 aliphatic carbocycles. The topological polar surface area (TPSA) is 79.0 Å². The highest BCUT2D eigenvalue weighted by Crippen LogP contribution is 2.21. The van der Waals surface area contributed by atoms with Gasteiger partial charge in [-0.25, -0.2) is 0 Å². The van der Waals surface area contributed by atoms with Crippen LogP contribution in [0.4, 0.5) is 0 Å². The van der Waals surface area contributed by atoms with Gasteiger partial charge in [-0.05, 0) is 12.1 Å². The number of benzene rings is 1. The molecule has 0 saturated carbocycles. The molecule has 2 heterocycles. The zero-order valence-electron chi connectivity index (χ0n) is 12.8. The maximum atomic E-state index is 12.2. The molecule has 0 aromatic heterocycles. The van der Waals surface area contributed by atoms with Crippen molar-refractivity contribution in [2.45, 2.75) is 0 Å². The Morgan fingerprint density at radius 2 is 1.65 bits per heavy atom. The second-order valence-electron chi connectivity index (χ2n) is 5.55. The van der Waals surface area contributed by atoms with Crippen molar-refractivity contribution in [1.29, 1.82) is 0 Å². The molecule has 1 aromatic rings. The summed E-state index contributed by atoms with van der Waals surface area (Å²) in [4.78, 5) is 38.8. The van der Waals surface area contributed by atoms with Crippen LogP contribution in [-0.2, 0) is 9.53 Å². The van der Waals surface area contributed by atoms with Crippen LogP contribution in [0.25, 0.3) is 0 Å². The van der Waals surface area contributed by atoms with Gasteiger partial charge in [-0.2, -0.15) is 0 Å². The van der Waals surface area contributed by atoms with Crippen LogP contribution in [0.3, 0.4) is 0 Å². The fraction of sp³-hybridized carbons (Fsp3) is 0.438. The Kier molecular flexibility index (Phi) is 4.68. The summed E-state index contributed by atoms with van der Waals surface area (Å²) in [6.07, 6.45) is 0. The molecular weight excluding hydrogens is 298 g/mol. The highest BCUT2D eigenvalue weighted by atomic mass is 16.5. The quantitative estimate of drug-likeness (QED) is 0.577. The molecule has 23 heavy (non-hydrogen) atoms. The number of hydrogen-bond donors (Lipinski definition) is 1. The first-order valence-corrected chi connectivity index (χ1v) is 7.69. The Bertz CT molecular complexity index is 597. The first-order valence-electron chi connectivity index (χ1n) is 7.69. The highest BCUT2D eigenvalue weighted by molar-refractivity contribution is 6.21. The summed E-state index contributed by atoms with van der Waals surface area (Å²) in [5.74, 6) is -0.494. The van der Waals surface area contributed by atoms with E-state index < -0.39 is 0 Å². The van der Waals surface area contributed by atoms with Gasteiger partial charge in [-0.1, -0.05) is 12.1 Å². The standard InChI is InChI=1S/C16H19N3O4/c20-14-11-18(6-5-17-14)7-9-23-10-8-19-15(21)12-3-1-2-4-13(12)16(19)22/h1-4H,5-11H2,(H,17,20). The molecule has 3 rings (SSSR count). The van der Waals surface area contributed by atoms with Crippen LogP contribution in [0.1, 0.15) is 20.7 Å². The van der Waals surface area contributed by atoms with Crippen molar-refractivity contribution in [2.24, 2.45) is 0 Å². The average Bonchev–Trinajstić information content (AvgIpc) is 2.80. The summed E-state index contributed by atoms with van der Waals surface area (Å²) >= 11 is 0. The van der Waals surface area contributed by atoms with Crippen molar-refractivity contribution in [3.05, 3.63) is 35.4 Å². The third kappa shape index (κ3) is 3.40. The Morgan fingerprint density at radius 1 is 1.00 bits per heavy atom. The minimum Gasteiger partial charge on any atom is -0.378 e. The molecule has 1 N–H and O–H groups in total. The Morgan fingerprint density at radius 3 is 2.30 bits per heavy atom. The van der Waals surface area contributed by atoms with Gasteiger partial charge in [0.05, 0.1) is 37.4 Å². The molecule has 2 aliphatic rings. The molecule has 0 atom stereocenters. The monoisotopic (exact) mass is 317 g/mol. The summed E-state index contributed by atoms with van der Waals surface area (Å²) in [7, 11) is 0. The van der Waals surface area contributed by atoms with Crippen molar-refractivity contribution in [3.8, 4) is 0 Å². The van der Waals surface area contributed by atoms with E-state index in [-0.39, 0.29) is 24.3 Å². The van der Waals surface area contributed by atoms with E-state index in [2.05, 4.69) is 5.32 Å². The molecule has 0 bridgehead atoms. The summed E-state index contributed by atoms with van der Waals surface area (Å²) < 4.78 is 5.51. The van der Waals surface area contributed by atoms with E-state index in [1.54, 1.807) is 24.3 Å². The third-order valence-corrected chi connectivity index (χ3v) is 4.01. The predicted molar refractivity (Wildman–Crippen MR) is 82.1 cm³/mol. The first kappa shape index (κ1) is 15.6. The predicted octanol–water partition coefficient (Wildman–Crippen LogP) is -0.269. The lowest BCUT2D eigenvalue weighted by molar-refractivity contribution is -0.124. The maximum Gasteiger partial charge on any atom is 0.261 e. The second kappa shape index (κ2) is 6.89. The van der Waals surface area contributed by atoms with Gasteiger partial charge in [0.25, 0.3) is 11.8 Å². The summed E-state index contributed by atoms with van der Waals surface area (Å²) in [6, 6.07) is 6.83. The minimum atomic E-state index is -0.262. The molecule has 3 amide bonds. The van der Waals surface area contributed by atoms with Crippen LogP contribution in [0.5, 0.6) is 0 Å². The molecule has 122 valence electrons. The van der Waals surface area contributed by atoms with Crippen LogP contribution in [0, 0.1) is 0 Å². The van der Waals surface area contributed by atoms with Gasteiger partial charge in [0.1, 0.15) is 0 Å². The average molecular weight is 317 g/mol. The molecular formula is C16H19N3O4. The maximum absolute atomic E-state index is 12.2. The fourth-order valence-electron chi connectivity index (χ4n) is 2.78. The molecule has 0 radical (unpaired) electrons. The van der Waals surface area contributed by atoms with Crippen molar-refractivity contribution in [2.75, 3.05) is 45.9 Å². The number of rotatable bonds is 6. The van der Waals surface area contributed by atoms with Crippen LogP contribution in [-0.4, -0.2) is 73.5 Å². The number of nitrogens with one attached hydrogen (secondary N) is 1. The first-order chi connectivity index (χ1) is 11.2. The third-order valence-electron chi connectivity index (χ3n) is 4.01. The summed E-state index contributed by atoms with van der Waals surface area (Å²) in [5, 5.41) is 2.77. The van der Waals surface area contributed by atoms with E-state index in [0.717, 1.165) is 6.54 Å². The van der Waals surface area contributed by atoms with Crippen molar-refractivity contribution in [1.82, 2.24) is 15.1 Å². The number of ether oxygens (including phenoxy) is 1. The van der Waals surface area contributed by atoms with Crippen LogP contribution >= 0.6 is 0 Å². The number of carbonyl (C=O) groups is 3. The van der Waals surface area contributed by atoms with Gasteiger partial charge in [0.15, 0.2) is 0 Å². The largest absolute Gasteiger partial charge is 0.378 e. The zero-order valence-corrected chi connectivity index (χ0v) is 12.8. The van der Waals surface area contributed by atoms with Crippen molar-refractivity contribution >= 4 is 17.7 Å². The fourth-order valence-corrected chi connectivity index (χ4v) is 2.78. The Hall–Kier alpha value is -2.25. The molecule has 1 saturated heterocycles. The number of piperazine rings is 1. The van der Waals surface area contributed by atoms with Crippen LogP contribution in [0.2, 0.25) is 0 Å². The molecule has 1 aromatic carbocycles. The van der Waals surface area contributed by atoms with E-state index in [9.17, 15) is 14.4 Å². The van der Waals surface area contributed by atoms with E-state index >= 15 is 0 Å². The van der Waals surface area contributed by atoms with Crippen LogP contribution in [0.15, 0.2) is 24.3 Å². The number of amides is 3.